The molecule has 0 bridgehead atoms. The molecule has 0 saturated heterocycles. The number of benzene rings is 1. The highest BCUT2D eigenvalue weighted by Crippen LogP contribution is 2.34. The quantitative estimate of drug-likeness (QED) is 0.364. The second-order valence-electron chi connectivity index (χ2n) is 3.11. The van der Waals surface area contributed by atoms with E-state index >= 15 is 0 Å². The Balaban J connectivity index is 3.69. The molecule has 0 aromatic heterocycles. The Bertz CT molecular complexity index is 422. The van der Waals surface area contributed by atoms with Crippen molar-refractivity contribution in [3.63, 3.8) is 0 Å². The lowest BCUT2D eigenvalue weighted by atomic mass is 10.1. The van der Waals surface area contributed by atoms with Crippen LogP contribution < -0.4 is 0 Å². The third-order valence-electron chi connectivity index (χ3n) is 2.32. The van der Waals surface area contributed by atoms with Crippen LogP contribution in [0.5, 0.6) is 0 Å². The standard InChI is InChI=1S/C10H9F5O3/c1-16-10(17-2,18-3)4-5(11)7(13)9(15)8(14)6(4)12/h1-3H3. The molecule has 0 unspecified atom stereocenters. The summed E-state index contributed by atoms with van der Waals surface area (Å²) in [7, 11) is 2.77. The fourth-order valence-electron chi connectivity index (χ4n) is 1.43. The highest BCUT2D eigenvalue weighted by atomic mass is 19.2. The molecule has 0 atom stereocenters. The van der Waals surface area contributed by atoms with Gasteiger partial charge in [0.1, 0.15) is 5.56 Å². The first kappa shape index (κ1) is 14.8. The van der Waals surface area contributed by atoms with Crippen LogP contribution in [0.2, 0.25) is 0 Å². The Labute approximate surface area is 99.1 Å². The zero-order valence-corrected chi connectivity index (χ0v) is 9.61. The molecule has 102 valence electrons. The zero-order chi connectivity index (χ0) is 14.1. The fraction of sp³-hybridized carbons (Fsp3) is 0.400. The van der Waals surface area contributed by atoms with Crippen LogP contribution in [0.1, 0.15) is 5.56 Å². The molecule has 1 aromatic rings. The van der Waals surface area contributed by atoms with E-state index in [9.17, 15) is 22.0 Å². The van der Waals surface area contributed by atoms with Gasteiger partial charge in [-0.15, -0.1) is 0 Å². The Kier molecular flexibility index (Phi) is 4.25. The highest BCUT2D eigenvalue weighted by molar-refractivity contribution is 5.26. The average molecular weight is 272 g/mol. The number of methoxy groups -OCH3 is 3. The third kappa shape index (κ3) is 1.96. The summed E-state index contributed by atoms with van der Waals surface area (Å²) >= 11 is 0. The van der Waals surface area contributed by atoms with Crippen molar-refractivity contribution < 1.29 is 36.2 Å². The predicted molar refractivity (Wildman–Crippen MR) is 48.9 cm³/mol. The van der Waals surface area contributed by atoms with Gasteiger partial charge in [-0.2, -0.15) is 0 Å². The van der Waals surface area contributed by atoms with Crippen molar-refractivity contribution in [2.24, 2.45) is 0 Å². The molecule has 0 radical (unpaired) electrons. The number of ether oxygens (including phenoxy) is 3. The molecule has 18 heavy (non-hydrogen) atoms. The monoisotopic (exact) mass is 272 g/mol. The lowest BCUT2D eigenvalue weighted by molar-refractivity contribution is -0.367. The molecule has 0 N–H and O–H groups in total. The van der Waals surface area contributed by atoms with Crippen LogP contribution in [0, 0.1) is 29.1 Å². The minimum absolute atomic E-state index is 0.922. The topological polar surface area (TPSA) is 27.7 Å². The van der Waals surface area contributed by atoms with Crippen LogP contribution in [0.25, 0.3) is 0 Å². The first-order valence-corrected chi connectivity index (χ1v) is 4.53. The van der Waals surface area contributed by atoms with Gasteiger partial charge < -0.3 is 14.2 Å². The molecule has 0 aliphatic carbocycles. The van der Waals surface area contributed by atoms with E-state index in [1.807, 2.05) is 0 Å². The molecule has 0 spiro atoms. The van der Waals surface area contributed by atoms with Crippen LogP contribution in [0.3, 0.4) is 0 Å². The maximum Gasteiger partial charge on any atom is 0.317 e. The van der Waals surface area contributed by atoms with Crippen molar-refractivity contribution in [3.8, 4) is 0 Å². The normalized spacial score (nSPS) is 12.0. The number of hydrogen-bond donors (Lipinski definition) is 0. The van der Waals surface area contributed by atoms with E-state index < -0.39 is 40.6 Å². The maximum atomic E-state index is 13.5. The van der Waals surface area contributed by atoms with E-state index in [1.54, 1.807) is 0 Å². The van der Waals surface area contributed by atoms with E-state index in [0.29, 0.717) is 0 Å². The molecule has 0 saturated carbocycles. The Morgan fingerprint density at radius 2 is 0.889 bits per heavy atom. The van der Waals surface area contributed by atoms with Crippen molar-refractivity contribution in [2.75, 3.05) is 21.3 Å². The first-order valence-electron chi connectivity index (χ1n) is 4.53. The van der Waals surface area contributed by atoms with E-state index in [2.05, 4.69) is 14.2 Å². The molecule has 0 aliphatic rings. The maximum absolute atomic E-state index is 13.5. The van der Waals surface area contributed by atoms with Crippen molar-refractivity contribution >= 4 is 0 Å². The van der Waals surface area contributed by atoms with Crippen LogP contribution in [0.15, 0.2) is 0 Å². The Morgan fingerprint density at radius 3 is 1.17 bits per heavy atom. The van der Waals surface area contributed by atoms with Gasteiger partial charge in [0.25, 0.3) is 0 Å². The van der Waals surface area contributed by atoms with Crippen molar-refractivity contribution in [3.05, 3.63) is 34.6 Å². The fourth-order valence-corrected chi connectivity index (χ4v) is 1.43. The average Bonchev–Trinajstić information content (AvgIpc) is 2.39. The van der Waals surface area contributed by atoms with Gasteiger partial charge in [0.05, 0.1) is 0 Å². The van der Waals surface area contributed by atoms with Crippen LogP contribution in [-0.4, -0.2) is 21.3 Å². The number of rotatable bonds is 4. The second-order valence-corrected chi connectivity index (χ2v) is 3.11. The lowest BCUT2D eigenvalue weighted by Crippen LogP contribution is -2.36. The molecule has 3 nitrogen and oxygen atoms in total. The molecule has 0 amide bonds. The third-order valence-corrected chi connectivity index (χ3v) is 2.32. The molecule has 0 fully saturated rings. The van der Waals surface area contributed by atoms with Gasteiger partial charge in [-0.1, -0.05) is 0 Å². The molecule has 1 aromatic carbocycles. The van der Waals surface area contributed by atoms with Crippen LogP contribution in [0.4, 0.5) is 22.0 Å². The van der Waals surface area contributed by atoms with Gasteiger partial charge in [0.15, 0.2) is 23.3 Å². The summed E-state index contributed by atoms with van der Waals surface area (Å²) in [5.74, 6) is -13.2. The molecule has 1 rings (SSSR count). The number of hydrogen-bond acceptors (Lipinski definition) is 3. The summed E-state index contributed by atoms with van der Waals surface area (Å²) in [6.45, 7) is 0. The summed E-state index contributed by atoms with van der Waals surface area (Å²) in [5, 5.41) is 0. The highest BCUT2D eigenvalue weighted by Gasteiger charge is 2.43. The van der Waals surface area contributed by atoms with Gasteiger partial charge in [0, 0.05) is 21.3 Å². The molecule has 8 heteroatoms. The minimum Gasteiger partial charge on any atom is -0.327 e. The van der Waals surface area contributed by atoms with Gasteiger partial charge in [-0.05, 0) is 0 Å². The van der Waals surface area contributed by atoms with Crippen LogP contribution >= 0.6 is 0 Å². The summed E-state index contributed by atoms with van der Waals surface area (Å²) in [4.78, 5) is 0. The van der Waals surface area contributed by atoms with Crippen molar-refractivity contribution in [1.29, 1.82) is 0 Å². The van der Waals surface area contributed by atoms with Crippen molar-refractivity contribution in [1.82, 2.24) is 0 Å². The van der Waals surface area contributed by atoms with Gasteiger partial charge in [-0.25, -0.2) is 22.0 Å². The summed E-state index contributed by atoms with van der Waals surface area (Å²) in [6, 6.07) is 0. The summed E-state index contributed by atoms with van der Waals surface area (Å²) in [6.07, 6.45) is 0. The van der Waals surface area contributed by atoms with Gasteiger partial charge in [0.2, 0.25) is 5.82 Å². The summed E-state index contributed by atoms with van der Waals surface area (Å²) < 4.78 is 79.5. The van der Waals surface area contributed by atoms with Gasteiger partial charge >= 0.3 is 5.97 Å². The molecular formula is C10H9F5O3. The van der Waals surface area contributed by atoms with E-state index in [0.717, 1.165) is 21.3 Å². The summed E-state index contributed by atoms with van der Waals surface area (Å²) in [5.41, 5.74) is -1.36. The van der Waals surface area contributed by atoms with Crippen LogP contribution in [-0.2, 0) is 20.2 Å². The Hall–Kier alpha value is -1.25. The molecular weight excluding hydrogens is 263 g/mol. The van der Waals surface area contributed by atoms with Gasteiger partial charge in [-0.3, -0.25) is 0 Å². The number of halogens is 5. The molecule has 0 heterocycles. The smallest absolute Gasteiger partial charge is 0.317 e. The minimum atomic E-state index is -2.52. The van der Waals surface area contributed by atoms with E-state index in [1.165, 1.54) is 0 Å². The molecule has 0 aliphatic heterocycles. The predicted octanol–water partition coefficient (Wildman–Crippen LogP) is 2.43. The SMILES string of the molecule is COC(OC)(OC)c1c(F)c(F)c(F)c(F)c1F. The zero-order valence-electron chi connectivity index (χ0n) is 9.61. The van der Waals surface area contributed by atoms with Crippen molar-refractivity contribution in [2.45, 2.75) is 5.97 Å². The Morgan fingerprint density at radius 1 is 0.611 bits per heavy atom. The largest absolute Gasteiger partial charge is 0.327 e. The second kappa shape index (κ2) is 5.17. The van der Waals surface area contributed by atoms with E-state index in [4.69, 9.17) is 0 Å². The van der Waals surface area contributed by atoms with E-state index in [-0.39, 0.29) is 0 Å². The lowest BCUT2D eigenvalue weighted by Gasteiger charge is -2.29. The first-order chi connectivity index (χ1) is 8.36.